The number of hydrogen-bond donors (Lipinski definition) is 1. The summed E-state index contributed by atoms with van der Waals surface area (Å²) in [7, 11) is 0. The summed E-state index contributed by atoms with van der Waals surface area (Å²) in [6.07, 6.45) is 2.64. The molecule has 0 fully saturated rings. The van der Waals surface area contributed by atoms with E-state index in [-0.39, 0.29) is 6.54 Å². The van der Waals surface area contributed by atoms with Crippen molar-refractivity contribution < 1.29 is 8.78 Å². The smallest absolute Gasteiger partial charge is 0.250 e. The summed E-state index contributed by atoms with van der Waals surface area (Å²) in [6.45, 7) is 0.380. The van der Waals surface area contributed by atoms with Gasteiger partial charge in [-0.15, -0.1) is 11.3 Å². The number of aryl methyl sites for hydroxylation is 2. The number of nitrogens with one attached hydrogen (secondary N) is 1. The lowest BCUT2D eigenvalue weighted by atomic mass is 9.99. The van der Waals surface area contributed by atoms with Crippen molar-refractivity contribution in [1.29, 1.82) is 0 Å². The maximum atomic E-state index is 11.9. The van der Waals surface area contributed by atoms with Gasteiger partial charge >= 0.3 is 0 Å². The Kier molecular flexibility index (Phi) is 3.70. The summed E-state index contributed by atoms with van der Waals surface area (Å²) < 4.78 is 23.8. The van der Waals surface area contributed by atoms with Gasteiger partial charge in [-0.1, -0.05) is 0 Å². The maximum absolute atomic E-state index is 11.9. The van der Waals surface area contributed by atoms with Gasteiger partial charge in [-0.25, -0.2) is 8.78 Å². The van der Waals surface area contributed by atoms with Crippen LogP contribution in [0.3, 0.4) is 0 Å². The first-order valence-electron chi connectivity index (χ1n) is 5.35. The Bertz CT molecular complexity index is 299. The molecule has 1 aliphatic rings. The van der Waals surface area contributed by atoms with Crippen LogP contribution in [0.5, 0.6) is 0 Å². The number of hydrogen-bond acceptors (Lipinski definition) is 2. The van der Waals surface area contributed by atoms with Crippen molar-refractivity contribution in [3.8, 4) is 0 Å². The second kappa shape index (κ2) is 5.03. The van der Waals surface area contributed by atoms with Gasteiger partial charge in [0.15, 0.2) is 0 Å². The van der Waals surface area contributed by atoms with E-state index in [2.05, 4.69) is 11.4 Å². The molecule has 4 heteroatoms. The Hall–Kier alpha value is -0.480. The normalized spacial score (nSPS) is 15.7. The third-order valence-corrected chi connectivity index (χ3v) is 3.88. The van der Waals surface area contributed by atoms with Crippen molar-refractivity contribution in [3.05, 3.63) is 21.4 Å². The second-order valence-electron chi connectivity index (χ2n) is 3.89. The number of fused-ring (bicyclic) bond motifs is 1. The zero-order chi connectivity index (χ0) is 10.7. The summed E-state index contributed by atoms with van der Waals surface area (Å²) in [5.41, 5.74) is 1.44. The maximum Gasteiger partial charge on any atom is 0.250 e. The molecule has 0 radical (unpaired) electrons. The van der Waals surface area contributed by atoms with Crippen LogP contribution >= 0.6 is 11.3 Å². The highest BCUT2D eigenvalue weighted by Crippen LogP contribution is 2.29. The summed E-state index contributed by atoms with van der Waals surface area (Å²) in [6, 6.07) is 2.18. The van der Waals surface area contributed by atoms with Crippen molar-refractivity contribution in [2.75, 3.05) is 6.54 Å². The average Bonchev–Trinajstić information content (AvgIpc) is 2.59. The molecule has 0 aliphatic heterocycles. The first kappa shape index (κ1) is 11.0. The van der Waals surface area contributed by atoms with Crippen LogP contribution in [0.2, 0.25) is 0 Å². The summed E-state index contributed by atoms with van der Waals surface area (Å²) in [5.74, 6) is 0. The molecule has 0 aromatic carbocycles. The van der Waals surface area contributed by atoms with E-state index in [1.165, 1.54) is 41.0 Å². The minimum atomic E-state index is -2.25. The fraction of sp³-hybridized carbons (Fsp3) is 0.636. The lowest BCUT2D eigenvalue weighted by Crippen LogP contribution is -2.19. The summed E-state index contributed by atoms with van der Waals surface area (Å²) >= 11 is 1.78. The third-order valence-electron chi connectivity index (χ3n) is 2.65. The molecule has 1 heterocycles. The van der Waals surface area contributed by atoms with Crippen molar-refractivity contribution in [2.24, 2.45) is 0 Å². The van der Waals surface area contributed by atoms with Gasteiger partial charge in [0.2, 0.25) is 0 Å². The van der Waals surface area contributed by atoms with Crippen LogP contribution in [0.1, 0.15) is 28.2 Å². The van der Waals surface area contributed by atoms with Gasteiger partial charge in [0.05, 0.1) is 6.54 Å². The Morgan fingerprint density at radius 1 is 1.33 bits per heavy atom. The standard InChI is InChI=1S/C11H15F2NS/c12-11(13)7-14-6-9-5-8-3-1-2-4-10(8)15-9/h5,11,14H,1-4,6-7H2. The fourth-order valence-corrected chi connectivity index (χ4v) is 3.17. The van der Waals surface area contributed by atoms with E-state index in [9.17, 15) is 8.78 Å². The molecular weight excluding hydrogens is 216 g/mol. The van der Waals surface area contributed by atoms with Crippen LogP contribution in [0.4, 0.5) is 8.78 Å². The third kappa shape index (κ3) is 2.98. The van der Waals surface area contributed by atoms with Gasteiger partial charge in [-0.05, 0) is 37.3 Å². The topological polar surface area (TPSA) is 12.0 Å². The first-order chi connectivity index (χ1) is 7.25. The molecule has 0 spiro atoms. The fourth-order valence-electron chi connectivity index (χ4n) is 1.94. The molecule has 0 saturated carbocycles. The van der Waals surface area contributed by atoms with E-state index in [4.69, 9.17) is 0 Å². The predicted molar refractivity (Wildman–Crippen MR) is 58.7 cm³/mol. The number of alkyl halides is 2. The molecule has 84 valence electrons. The second-order valence-corrected chi connectivity index (χ2v) is 5.11. The molecule has 0 bridgehead atoms. The average molecular weight is 231 g/mol. The van der Waals surface area contributed by atoms with E-state index in [1.54, 1.807) is 11.3 Å². The predicted octanol–water partition coefficient (Wildman–Crippen LogP) is 2.98. The summed E-state index contributed by atoms with van der Waals surface area (Å²) in [5, 5.41) is 2.77. The molecular formula is C11H15F2NS. The van der Waals surface area contributed by atoms with E-state index >= 15 is 0 Å². The highest BCUT2D eigenvalue weighted by atomic mass is 32.1. The van der Waals surface area contributed by atoms with Gasteiger partial charge in [-0.3, -0.25) is 0 Å². The molecule has 0 amide bonds. The zero-order valence-electron chi connectivity index (χ0n) is 8.56. The Balaban J connectivity index is 1.89. The number of halogens is 2. The van der Waals surface area contributed by atoms with E-state index in [0.717, 1.165) is 0 Å². The largest absolute Gasteiger partial charge is 0.306 e. The van der Waals surface area contributed by atoms with E-state index < -0.39 is 6.43 Å². The minimum absolute atomic E-state index is 0.206. The lowest BCUT2D eigenvalue weighted by Gasteiger charge is -2.08. The molecule has 2 rings (SSSR count). The Morgan fingerprint density at radius 2 is 2.13 bits per heavy atom. The molecule has 1 N–H and O–H groups in total. The molecule has 15 heavy (non-hydrogen) atoms. The molecule has 0 atom stereocenters. The van der Waals surface area contributed by atoms with Gasteiger partial charge in [0.25, 0.3) is 6.43 Å². The van der Waals surface area contributed by atoms with Crippen molar-refractivity contribution in [2.45, 2.75) is 38.7 Å². The Morgan fingerprint density at radius 3 is 2.87 bits per heavy atom. The highest BCUT2D eigenvalue weighted by Gasteiger charge is 2.13. The van der Waals surface area contributed by atoms with Crippen LogP contribution in [-0.2, 0) is 19.4 Å². The number of thiophene rings is 1. The zero-order valence-corrected chi connectivity index (χ0v) is 9.38. The SMILES string of the molecule is FC(F)CNCc1cc2c(s1)CCCC2. The van der Waals surface area contributed by atoms with Crippen LogP contribution in [0.15, 0.2) is 6.07 Å². The minimum Gasteiger partial charge on any atom is -0.306 e. The van der Waals surface area contributed by atoms with Crippen molar-refractivity contribution in [1.82, 2.24) is 5.32 Å². The summed E-state index contributed by atoms with van der Waals surface area (Å²) in [4.78, 5) is 2.66. The van der Waals surface area contributed by atoms with E-state index in [1.807, 2.05) is 0 Å². The molecule has 1 aromatic rings. The number of rotatable bonds is 4. The van der Waals surface area contributed by atoms with Gasteiger partial charge in [-0.2, -0.15) is 0 Å². The quantitative estimate of drug-likeness (QED) is 0.840. The van der Waals surface area contributed by atoms with Gasteiger partial charge in [0, 0.05) is 16.3 Å². The van der Waals surface area contributed by atoms with Crippen LogP contribution in [0.25, 0.3) is 0 Å². The van der Waals surface area contributed by atoms with Crippen LogP contribution in [-0.4, -0.2) is 13.0 Å². The Labute approximate surface area is 92.5 Å². The van der Waals surface area contributed by atoms with Gasteiger partial charge < -0.3 is 5.32 Å². The van der Waals surface area contributed by atoms with Crippen LogP contribution < -0.4 is 5.32 Å². The molecule has 1 nitrogen and oxygen atoms in total. The van der Waals surface area contributed by atoms with Crippen molar-refractivity contribution >= 4 is 11.3 Å². The highest BCUT2D eigenvalue weighted by molar-refractivity contribution is 7.12. The van der Waals surface area contributed by atoms with E-state index in [0.29, 0.717) is 6.54 Å². The molecule has 0 saturated heterocycles. The van der Waals surface area contributed by atoms with Crippen molar-refractivity contribution in [3.63, 3.8) is 0 Å². The molecule has 0 unspecified atom stereocenters. The first-order valence-corrected chi connectivity index (χ1v) is 6.16. The van der Waals surface area contributed by atoms with Gasteiger partial charge in [0.1, 0.15) is 0 Å². The monoisotopic (exact) mass is 231 g/mol. The van der Waals surface area contributed by atoms with Crippen LogP contribution in [0, 0.1) is 0 Å². The molecule has 1 aromatic heterocycles. The molecule has 1 aliphatic carbocycles. The lowest BCUT2D eigenvalue weighted by molar-refractivity contribution is 0.145.